The van der Waals surface area contributed by atoms with Crippen molar-refractivity contribution in [2.45, 2.75) is 6.42 Å². The summed E-state index contributed by atoms with van der Waals surface area (Å²) in [6, 6.07) is 2.09. The molecule has 1 heterocycles. The summed E-state index contributed by atoms with van der Waals surface area (Å²) >= 11 is 1.69. The van der Waals surface area contributed by atoms with Gasteiger partial charge in [0.05, 0.1) is 0 Å². The minimum absolute atomic E-state index is 0.806. The Kier molecular flexibility index (Phi) is 3.11. The molecule has 0 spiro atoms. The maximum atomic E-state index is 10.2. The van der Waals surface area contributed by atoms with Gasteiger partial charge >= 0.3 is 0 Å². The molecule has 0 aromatic carbocycles. The van der Waals surface area contributed by atoms with E-state index in [0.29, 0.717) is 0 Å². The molecule has 0 saturated carbocycles. The number of amides is 1. The highest BCUT2D eigenvalue weighted by Crippen LogP contribution is 2.06. The largest absolute Gasteiger partial charge is 0.348 e. The Hall–Kier alpha value is -0.830. The molecule has 1 aromatic rings. The second-order valence-corrected chi connectivity index (χ2v) is 3.25. The summed E-state index contributed by atoms with van der Waals surface area (Å²) in [6.07, 6.45) is 1.81. The van der Waals surface area contributed by atoms with Gasteiger partial charge in [0.15, 0.2) is 0 Å². The van der Waals surface area contributed by atoms with Crippen LogP contribution in [-0.4, -0.2) is 24.9 Å². The summed E-state index contributed by atoms with van der Waals surface area (Å²) < 4.78 is 0. The van der Waals surface area contributed by atoms with E-state index in [2.05, 4.69) is 16.8 Å². The molecule has 0 saturated heterocycles. The molecule has 0 N–H and O–H groups in total. The second-order valence-electron chi connectivity index (χ2n) is 2.47. The van der Waals surface area contributed by atoms with Crippen molar-refractivity contribution in [1.29, 1.82) is 0 Å². The third kappa shape index (κ3) is 2.72. The van der Waals surface area contributed by atoms with Crippen molar-refractivity contribution in [2.24, 2.45) is 0 Å². The zero-order chi connectivity index (χ0) is 8.10. The Balaban J connectivity index is 2.28. The normalized spacial score (nSPS) is 9.55. The average molecular weight is 169 g/mol. The van der Waals surface area contributed by atoms with E-state index >= 15 is 0 Å². The topological polar surface area (TPSA) is 20.3 Å². The summed E-state index contributed by atoms with van der Waals surface area (Å²) in [5, 5.41) is 4.16. The van der Waals surface area contributed by atoms with Crippen molar-refractivity contribution in [1.82, 2.24) is 4.90 Å². The molecular weight excluding hydrogens is 158 g/mol. The fourth-order valence-corrected chi connectivity index (χ4v) is 1.50. The number of thiophene rings is 1. The first kappa shape index (κ1) is 8.27. The molecule has 0 aliphatic carbocycles. The lowest BCUT2D eigenvalue weighted by molar-refractivity contribution is -0.116. The lowest BCUT2D eigenvalue weighted by atomic mass is 10.2. The first-order valence-corrected chi connectivity index (χ1v) is 4.44. The number of hydrogen-bond acceptors (Lipinski definition) is 2. The fourth-order valence-electron chi connectivity index (χ4n) is 0.793. The third-order valence-corrected chi connectivity index (χ3v) is 2.25. The van der Waals surface area contributed by atoms with Gasteiger partial charge in [0, 0.05) is 13.6 Å². The van der Waals surface area contributed by atoms with Crippen molar-refractivity contribution in [3.8, 4) is 0 Å². The van der Waals surface area contributed by atoms with Crippen LogP contribution in [0.15, 0.2) is 16.8 Å². The number of carbonyl (C=O) groups excluding carboxylic acids is 1. The third-order valence-electron chi connectivity index (χ3n) is 1.51. The van der Waals surface area contributed by atoms with Crippen molar-refractivity contribution in [2.75, 3.05) is 13.6 Å². The van der Waals surface area contributed by atoms with E-state index in [1.807, 2.05) is 0 Å². The van der Waals surface area contributed by atoms with Gasteiger partial charge in [-0.3, -0.25) is 4.79 Å². The lowest BCUT2D eigenvalue weighted by Crippen LogP contribution is -2.18. The Morgan fingerprint density at radius 3 is 3.09 bits per heavy atom. The molecule has 60 valence electrons. The Morgan fingerprint density at radius 2 is 2.55 bits per heavy atom. The van der Waals surface area contributed by atoms with Gasteiger partial charge in [-0.05, 0) is 28.8 Å². The monoisotopic (exact) mass is 169 g/mol. The van der Waals surface area contributed by atoms with Crippen LogP contribution in [0, 0.1) is 0 Å². The molecule has 1 rings (SSSR count). The molecule has 2 nitrogen and oxygen atoms in total. The molecule has 0 radical (unpaired) electrons. The minimum atomic E-state index is 0.806. The number of hydrogen-bond donors (Lipinski definition) is 0. The van der Waals surface area contributed by atoms with Crippen molar-refractivity contribution >= 4 is 17.7 Å². The number of nitrogens with zero attached hydrogens (tertiary/aromatic N) is 1. The SMILES string of the molecule is CN(C=O)CCc1ccsc1. The molecule has 1 amide bonds. The van der Waals surface area contributed by atoms with E-state index < -0.39 is 0 Å². The molecule has 0 aliphatic heterocycles. The quantitative estimate of drug-likeness (QED) is 0.623. The summed E-state index contributed by atoms with van der Waals surface area (Å²) in [5.41, 5.74) is 1.31. The first-order valence-electron chi connectivity index (χ1n) is 3.49. The zero-order valence-corrected chi connectivity index (χ0v) is 7.30. The van der Waals surface area contributed by atoms with Crippen LogP contribution in [0.3, 0.4) is 0 Å². The number of rotatable bonds is 4. The van der Waals surface area contributed by atoms with Crippen LogP contribution in [0.2, 0.25) is 0 Å². The predicted octanol–water partition coefficient (Wildman–Crippen LogP) is 1.38. The van der Waals surface area contributed by atoms with E-state index in [1.165, 1.54) is 5.56 Å². The highest BCUT2D eigenvalue weighted by molar-refractivity contribution is 7.07. The van der Waals surface area contributed by atoms with Crippen LogP contribution >= 0.6 is 11.3 Å². The van der Waals surface area contributed by atoms with Gasteiger partial charge in [0.2, 0.25) is 6.41 Å². The Labute approximate surface area is 70.5 Å². The molecule has 0 aliphatic rings. The van der Waals surface area contributed by atoms with E-state index in [0.717, 1.165) is 19.4 Å². The van der Waals surface area contributed by atoms with E-state index in [-0.39, 0.29) is 0 Å². The smallest absolute Gasteiger partial charge is 0.209 e. The summed E-state index contributed by atoms with van der Waals surface area (Å²) in [5.74, 6) is 0. The molecule has 0 unspecified atom stereocenters. The van der Waals surface area contributed by atoms with E-state index in [1.54, 1.807) is 23.3 Å². The second kappa shape index (κ2) is 4.13. The van der Waals surface area contributed by atoms with Crippen molar-refractivity contribution < 1.29 is 4.79 Å². The van der Waals surface area contributed by atoms with Crippen molar-refractivity contribution in [3.63, 3.8) is 0 Å². The average Bonchev–Trinajstić information content (AvgIpc) is 2.52. The molecule has 11 heavy (non-hydrogen) atoms. The first-order chi connectivity index (χ1) is 5.33. The summed E-state index contributed by atoms with van der Waals surface area (Å²) in [6.45, 7) is 0.806. The van der Waals surface area contributed by atoms with Gasteiger partial charge in [0.25, 0.3) is 0 Å². The molecule has 0 fully saturated rings. The van der Waals surface area contributed by atoms with Gasteiger partial charge in [-0.15, -0.1) is 0 Å². The Bertz CT molecular complexity index is 208. The van der Waals surface area contributed by atoms with Gasteiger partial charge in [0.1, 0.15) is 0 Å². The van der Waals surface area contributed by atoms with Crippen LogP contribution < -0.4 is 0 Å². The Morgan fingerprint density at radius 1 is 1.73 bits per heavy atom. The molecule has 3 heteroatoms. The van der Waals surface area contributed by atoms with E-state index in [4.69, 9.17) is 0 Å². The molecule has 0 atom stereocenters. The number of likely N-dealkylation sites (N-methyl/N-ethyl adjacent to an activating group) is 1. The van der Waals surface area contributed by atoms with Crippen LogP contribution in [0.1, 0.15) is 5.56 Å². The van der Waals surface area contributed by atoms with Gasteiger partial charge < -0.3 is 4.90 Å². The van der Waals surface area contributed by atoms with Gasteiger partial charge in [-0.25, -0.2) is 0 Å². The summed E-state index contributed by atoms with van der Waals surface area (Å²) in [4.78, 5) is 11.8. The zero-order valence-electron chi connectivity index (χ0n) is 6.49. The maximum absolute atomic E-state index is 10.2. The van der Waals surface area contributed by atoms with Gasteiger partial charge in [-0.2, -0.15) is 11.3 Å². The van der Waals surface area contributed by atoms with E-state index in [9.17, 15) is 4.79 Å². The molecular formula is C8H11NOS. The maximum Gasteiger partial charge on any atom is 0.209 e. The highest BCUT2D eigenvalue weighted by atomic mass is 32.1. The molecule has 1 aromatic heterocycles. The molecule has 0 bridgehead atoms. The fraction of sp³-hybridized carbons (Fsp3) is 0.375. The van der Waals surface area contributed by atoms with Crippen LogP contribution in [0.25, 0.3) is 0 Å². The van der Waals surface area contributed by atoms with Crippen LogP contribution in [0.5, 0.6) is 0 Å². The lowest BCUT2D eigenvalue weighted by Gasteiger charge is -2.08. The van der Waals surface area contributed by atoms with Crippen LogP contribution in [0.4, 0.5) is 0 Å². The standard InChI is InChI=1S/C8H11NOS/c1-9(7-10)4-2-8-3-5-11-6-8/h3,5-7H,2,4H2,1H3. The summed E-state index contributed by atoms with van der Waals surface area (Å²) in [7, 11) is 1.79. The van der Waals surface area contributed by atoms with Crippen molar-refractivity contribution in [3.05, 3.63) is 22.4 Å². The highest BCUT2D eigenvalue weighted by Gasteiger charge is 1.95. The minimum Gasteiger partial charge on any atom is -0.348 e. The van der Waals surface area contributed by atoms with Gasteiger partial charge in [-0.1, -0.05) is 0 Å². The predicted molar refractivity (Wildman–Crippen MR) is 46.7 cm³/mol. The number of carbonyl (C=O) groups is 1. The van der Waals surface area contributed by atoms with Crippen LogP contribution in [-0.2, 0) is 11.2 Å².